The average Bonchev–Trinajstić information content (AvgIpc) is 3.44. The maximum Gasteiger partial charge on any atom is 0.407 e. The molecule has 1 heterocycles. The molecule has 0 spiro atoms. The summed E-state index contributed by atoms with van der Waals surface area (Å²) in [6.45, 7) is 0.586. The van der Waals surface area contributed by atoms with E-state index < -0.39 is 18.1 Å². The number of carboxylic acid groups (broad SMARTS) is 1. The Balaban J connectivity index is 1.43. The Morgan fingerprint density at radius 3 is 2.40 bits per heavy atom. The number of fused-ring (bicyclic) bond motifs is 3. The molecular weight excluding hydrogens is 446 g/mol. The Hall–Kier alpha value is -3.86. The standard InChI is InChI=1S/C27H29N3O5/c28-14-6-5-13-24(26(33)30-15-7-8-18(30)16-25(31)32)29-27(34)35-17-23-21-11-3-1-9-19(21)20-10-2-4-12-22(20)23/h1-4,9-12,18,23-24H,5-8,13,15-17H2,(H,29,34)(H,31,32). The summed E-state index contributed by atoms with van der Waals surface area (Å²) in [6, 6.07) is 16.9. The van der Waals surface area contributed by atoms with Crippen LogP contribution in [0.3, 0.4) is 0 Å². The van der Waals surface area contributed by atoms with Gasteiger partial charge in [-0.1, -0.05) is 48.5 Å². The highest BCUT2D eigenvalue weighted by Crippen LogP contribution is 2.44. The van der Waals surface area contributed by atoms with Gasteiger partial charge in [-0.2, -0.15) is 5.26 Å². The van der Waals surface area contributed by atoms with Gasteiger partial charge in [0.15, 0.2) is 0 Å². The molecule has 35 heavy (non-hydrogen) atoms. The second kappa shape index (κ2) is 11.0. The monoisotopic (exact) mass is 475 g/mol. The van der Waals surface area contributed by atoms with Gasteiger partial charge >= 0.3 is 12.1 Å². The number of nitrogens with zero attached hydrogens (tertiary/aromatic N) is 2. The molecule has 2 aromatic carbocycles. The van der Waals surface area contributed by atoms with Gasteiger partial charge in [0.25, 0.3) is 0 Å². The van der Waals surface area contributed by atoms with Gasteiger partial charge in [-0.05, 0) is 47.9 Å². The number of ether oxygens (including phenoxy) is 1. The summed E-state index contributed by atoms with van der Waals surface area (Å²) < 4.78 is 5.60. The van der Waals surface area contributed by atoms with Gasteiger partial charge in [-0.3, -0.25) is 9.59 Å². The minimum atomic E-state index is -0.958. The molecule has 8 heteroatoms. The molecular formula is C27H29N3O5. The van der Waals surface area contributed by atoms with Crippen LogP contribution in [0.15, 0.2) is 48.5 Å². The van der Waals surface area contributed by atoms with E-state index in [4.69, 9.17) is 10.00 Å². The van der Waals surface area contributed by atoms with Crippen LogP contribution in [-0.4, -0.2) is 53.2 Å². The van der Waals surface area contributed by atoms with Crippen LogP contribution in [-0.2, 0) is 14.3 Å². The second-order valence-electron chi connectivity index (χ2n) is 9.00. The van der Waals surface area contributed by atoms with E-state index in [1.165, 1.54) is 0 Å². The maximum atomic E-state index is 13.2. The molecule has 2 unspecified atom stereocenters. The van der Waals surface area contributed by atoms with E-state index in [2.05, 4.69) is 23.5 Å². The lowest BCUT2D eigenvalue weighted by atomic mass is 9.98. The molecule has 0 radical (unpaired) electrons. The molecule has 4 rings (SSSR count). The Kier molecular flexibility index (Phi) is 7.66. The smallest absolute Gasteiger partial charge is 0.407 e. The lowest BCUT2D eigenvalue weighted by Crippen LogP contribution is -2.50. The van der Waals surface area contributed by atoms with Gasteiger partial charge < -0.3 is 20.1 Å². The van der Waals surface area contributed by atoms with Crippen molar-refractivity contribution >= 4 is 18.0 Å². The molecule has 1 fully saturated rings. The van der Waals surface area contributed by atoms with E-state index in [-0.39, 0.29) is 43.7 Å². The predicted molar refractivity (Wildman–Crippen MR) is 128 cm³/mol. The third-order valence-corrected chi connectivity index (χ3v) is 6.79. The number of benzene rings is 2. The predicted octanol–water partition coefficient (Wildman–Crippen LogP) is 4.05. The number of rotatable bonds is 9. The SMILES string of the molecule is N#CCCCC(NC(=O)OCC1c2ccccc2-c2ccccc21)C(=O)N1CCCC1CC(=O)O. The van der Waals surface area contributed by atoms with Crippen LogP contribution in [0.1, 0.15) is 55.6 Å². The van der Waals surface area contributed by atoms with Gasteiger partial charge in [0.2, 0.25) is 5.91 Å². The lowest BCUT2D eigenvalue weighted by Gasteiger charge is -2.28. The van der Waals surface area contributed by atoms with Crippen molar-refractivity contribution in [2.24, 2.45) is 0 Å². The summed E-state index contributed by atoms with van der Waals surface area (Å²) in [7, 11) is 0. The fraction of sp³-hybridized carbons (Fsp3) is 0.407. The number of nitrogens with one attached hydrogen (secondary N) is 1. The summed E-state index contributed by atoms with van der Waals surface area (Å²) in [4.78, 5) is 38.8. The molecule has 2 aromatic rings. The number of carbonyl (C=O) groups excluding carboxylic acids is 2. The number of hydrogen-bond acceptors (Lipinski definition) is 5. The van der Waals surface area contributed by atoms with Crippen molar-refractivity contribution in [3.8, 4) is 17.2 Å². The summed E-state index contributed by atoms with van der Waals surface area (Å²) in [5.41, 5.74) is 4.44. The lowest BCUT2D eigenvalue weighted by molar-refractivity contribution is -0.140. The van der Waals surface area contributed by atoms with Crippen molar-refractivity contribution in [2.45, 2.75) is 56.5 Å². The molecule has 182 valence electrons. The van der Waals surface area contributed by atoms with Crippen LogP contribution < -0.4 is 5.32 Å². The average molecular weight is 476 g/mol. The number of amides is 2. The van der Waals surface area contributed by atoms with Gasteiger partial charge in [-0.15, -0.1) is 0 Å². The minimum absolute atomic E-state index is 0.0978. The van der Waals surface area contributed by atoms with Gasteiger partial charge in [0.1, 0.15) is 12.6 Å². The van der Waals surface area contributed by atoms with Gasteiger partial charge in [0.05, 0.1) is 12.5 Å². The Bertz CT molecular complexity index is 1100. The summed E-state index contributed by atoms with van der Waals surface area (Å²) in [5, 5.41) is 20.8. The fourth-order valence-corrected chi connectivity index (χ4v) is 5.16. The molecule has 8 nitrogen and oxygen atoms in total. The molecule has 2 amide bonds. The Labute approximate surface area is 204 Å². The largest absolute Gasteiger partial charge is 0.481 e. The van der Waals surface area contributed by atoms with Crippen molar-refractivity contribution in [2.75, 3.05) is 13.2 Å². The molecule has 0 saturated carbocycles. The highest BCUT2D eigenvalue weighted by Gasteiger charge is 2.35. The number of carbonyl (C=O) groups is 3. The number of carboxylic acids is 1. The first-order valence-corrected chi connectivity index (χ1v) is 12.0. The third kappa shape index (κ3) is 5.46. The first kappa shape index (κ1) is 24.3. The topological polar surface area (TPSA) is 120 Å². The number of unbranched alkanes of at least 4 members (excludes halogenated alkanes) is 1. The van der Waals surface area contributed by atoms with Crippen molar-refractivity contribution in [3.63, 3.8) is 0 Å². The Morgan fingerprint density at radius 2 is 1.77 bits per heavy atom. The Morgan fingerprint density at radius 1 is 1.11 bits per heavy atom. The van der Waals surface area contributed by atoms with E-state index in [0.717, 1.165) is 28.7 Å². The molecule has 0 bridgehead atoms. The molecule has 2 N–H and O–H groups in total. The van der Waals surface area contributed by atoms with Gasteiger partial charge in [0, 0.05) is 24.9 Å². The summed E-state index contributed by atoms with van der Waals surface area (Å²) in [5.74, 6) is -1.38. The van der Waals surface area contributed by atoms with E-state index in [1.54, 1.807) is 4.90 Å². The normalized spacial score (nSPS) is 17.2. The molecule has 1 saturated heterocycles. The highest BCUT2D eigenvalue weighted by atomic mass is 16.5. The zero-order valence-electron chi connectivity index (χ0n) is 19.5. The van der Waals surface area contributed by atoms with Gasteiger partial charge in [-0.25, -0.2) is 4.79 Å². The van der Waals surface area contributed by atoms with Crippen molar-refractivity contribution in [1.82, 2.24) is 10.2 Å². The molecule has 1 aliphatic carbocycles. The summed E-state index contributed by atoms with van der Waals surface area (Å²) >= 11 is 0. The molecule has 2 aliphatic rings. The van der Waals surface area contributed by atoms with E-state index in [9.17, 15) is 19.5 Å². The fourth-order valence-electron chi connectivity index (χ4n) is 5.16. The van der Waals surface area contributed by atoms with Crippen molar-refractivity contribution in [3.05, 3.63) is 59.7 Å². The van der Waals surface area contributed by atoms with Crippen LogP contribution in [0, 0.1) is 11.3 Å². The first-order chi connectivity index (χ1) is 17.0. The van der Waals surface area contributed by atoms with Crippen LogP contribution >= 0.6 is 0 Å². The number of nitriles is 1. The number of alkyl carbamates (subject to hydrolysis) is 1. The first-order valence-electron chi connectivity index (χ1n) is 12.0. The van der Waals surface area contributed by atoms with Crippen LogP contribution in [0.5, 0.6) is 0 Å². The molecule has 2 atom stereocenters. The van der Waals surface area contributed by atoms with Crippen LogP contribution in [0.25, 0.3) is 11.1 Å². The molecule has 0 aromatic heterocycles. The number of hydrogen-bond donors (Lipinski definition) is 2. The number of aliphatic carboxylic acids is 1. The molecule has 1 aliphatic heterocycles. The van der Waals surface area contributed by atoms with E-state index in [1.807, 2.05) is 36.4 Å². The van der Waals surface area contributed by atoms with Crippen LogP contribution in [0.4, 0.5) is 4.79 Å². The third-order valence-electron chi connectivity index (χ3n) is 6.79. The number of likely N-dealkylation sites (tertiary alicyclic amines) is 1. The zero-order chi connectivity index (χ0) is 24.8. The second-order valence-corrected chi connectivity index (χ2v) is 9.00. The van der Waals surface area contributed by atoms with Crippen LogP contribution in [0.2, 0.25) is 0 Å². The quantitative estimate of drug-likeness (QED) is 0.528. The van der Waals surface area contributed by atoms with E-state index in [0.29, 0.717) is 19.4 Å². The van der Waals surface area contributed by atoms with E-state index >= 15 is 0 Å². The van der Waals surface area contributed by atoms with Crippen molar-refractivity contribution < 1.29 is 24.2 Å². The minimum Gasteiger partial charge on any atom is -0.481 e. The zero-order valence-corrected chi connectivity index (χ0v) is 19.5. The maximum absolute atomic E-state index is 13.2. The summed E-state index contributed by atoms with van der Waals surface area (Å²) in [6.07, 6.45) is 1.50. The highest BCUT2D eigenvalue weighted by molar-refractivity contribution is 5.86. The van der Waals surface area contributed by atoms with Crippen molar-refractivity contribution in [1.29, 1.82) is 5.26 Å².